The highest BCUT2D eigenvalue weighted by atomic mass is 79.9. The molecule has 19 heavy (non-hydrogen) atoms. The van der Waals surface area contributed by atoms with E-state index in [-0.39, 0.29) is 22.5 Å². The van der Waals surface area contributed by atoms with Gasteiger partial charge in [0.2, 0.25) is 0 Å². The van der Waals surface area contributed by atoms with E-state index in [1.807, 2.05) is 5.01 Å². The van der Waals surface area contributed by atoms with Crippen molar-refractivity contribution in [3.05, 3.63) is 39.9 Å². The summed E-state index contributed by atoms with van der Waals surface area (Å²) < 4.78 is 1.58. The van der Waals surface area contributed by atoms with E-state index < -0.39 is 0 Å². The predicted molar refractivity (Wildman–Crippen MR) is 82.2 cm³/mol. The third-order valence-electron chi connectivity index (χ3n) is 3.10. The second kappa shape index (κ2) is 5.90. The van der Waals surface area contributed by atoms with Crippen LogP contribution >= 0.6 is 28.6 Å². The Balaban J connectivity index is 0.00000133. The zero-order valence-corrected chi connectivity index (χ0v) is 12.6. The summed E-state index contributed by atoms with van der Waals surface area (Å²) in [4.78, 5) is 16.7. The van der Waals surface area contributed by atoms with Crippen molar-refractivity contribution in [1.82, 2.24) is 15.0 Å². The Morgan fingerprint density at radius 3 is 2.74 bits per heavy atom. The molecule has 1 saturated heterocycles. The van der Waals surface area contributed by atoms with Gasteiger partial charge in [-0.15, -0.1) is 17.0 Å². The standard InChI is InChI=1S/C12H13ClN4O.BrH/c13-9-1-2-11-10(7-9)12(18)17(8-15-11)16-5-3-14-4-6-16;/h1-2,7-8,14H,3-6H2;1H. The van der Waals surface area contributed by atoms with Crippen LogP contribution in [0.2, 0.25) is 5.02 Å². The lowest BCUT2D eigenvalue weighted by Crippen LogP contribution is -2.52. The van der Waals surface area contributed by atoms with E-state index in [0.29, 0.717) is 15.9 Å². The van der Waals surface area contributed by atoms with Crippen molar-refractivity contribution in [2.45, 2.75) is 0 Å². The highest BCUT2D eigenvalue weighted by molar-refractivity contribution is 8.93. The zero-order valence-electron chi connectivity index (χ0n) is 10.2. The van der Waals surface area contributed by atoms with E-state index in [1.54, 1.807) is 29.2 Å². The largest absolute Gasteiger partial charge is 0.313 e. The van der Waals surface area contributed by atoms with Crippen molar-refractivity contribution in [3.8, 4) is 0 Å². The van der Waals surface area contributed by atoms with Crippen molar-refractivity contribution < 1.29 is 0 Å². The molecular formula is C12H14BrClN4O. The summed E-state index contributed by atoms with van der Waals surface area (Å²) in [5.41, 5.74) is 0.611. The number of piperazine rings is 1. The summed E-state index contributed by atoms with van der Waals surface area (Å²) in [5.74, 6) is 0. The number of halogens is 2. The van der Waals surface area contributed by atoms with Crippen molar-refractivity contribution >= 4 is 39.5 Å². The third-order valence-corrected chi connectivity index (χ3v) is 3.34. The van der Waals surface area contributed by atoms with Crippen LogP contribution in [0.3, 0.4) is 0 Å². The van der Waals surface area contributed by atoms with Gasteiger partial charge in [0.05, 0.1) is 10.9 Å². The fourth-order valence-electron chi connectivity index (χ4n) is 2.15. The van der Waals surface area contributed by atoms with E-state index in [0.717, 1.165) is 26.2 Å². The third kappa shape index (κ3) is 2.75. The van der Waals surface area contributed by atoms with Gasteiger partial charge in [-0.05, 0) is 18.2 Å². The summed E-state index contributed by atoms with van der Waals surface area (Å²) in [6, 6.07) is 5.18. The number of nitrogens with zero attached hydrogens (tertiary/aromatic N) is 3. The van der Waals surface area contributed by atoms with Crippen LogP contribution in [0.15, 0.2) is 29.3 Å². The molecule has 0 saturated carbocycles. The fourth-order valence-corrected chi connectivity index (χ4v) is 2.33. The Labute approximate surface area is 125 Å². The topological polar surface area (TPSA) is 50.2 Å². The van der Waals surface area contributed by atoms with Crippen LogP contribution in [0.5, 0.6) is 0 Å². The molecule has 0 atom stereocenters. The average Bonchev–Trinajstić information content (AvgIpc) is 2.41. The van der Waals surface area contributed by atoms with Crippen LogP contribution < -0.4 is 15.9 Å². The molecule has 1 aromatic carbocycles. The maximum absolute atomic E-state index is 12.4. The molecule has 102 valence electrons. The van der Waals surface area contributed by atoms with Crippen LogP contribution in [0.25, 0.3) is 10.9 Å². The maximum atomic E-state index is 12.4. The Hall–Kier alpha value is -1.11. The predicted octanol–water partition coefficient (Wildman–Crippen LogP) is 1.17. The Bertz CT molecular complexity index is 639. The molecule has 1 aliphatic heterocycles. The van der Waals surface area contributed by atoms with E-state index in [9.17, 15) is 4.79 Å². The minimum atomic E-state index is -0.0654. The van der Waals surface area contributed by atoms with Gasteiger partial charge in [0, 0.05) is 31.2 Å². The summed E-state index contributed by atoms with van der Waals surface area (Å²) in [6.07, 6.45) is 1.59. The molecule has 1 N–H and O–H groups in total. The highest BCUT2D eigenvalue weighted by Crippen LogP contribution is 2.14. The molecule has 0 aliphatic carbocycles. The van der Waals surface area contributed by atoms with Gasteiger partial charge >= 0.3 is 0 Å². The Morgan fingerprint density at radius 2 is 2.00 bits per heavy atom. The van der Waals surface area contributed by atoms with Gasteiger partial charge in [0.1, 0.15) is 6.33 Å². The van der Waals surface area contributed by atoms with E-state index in [1.165, 1.54) is 0 Å². The first-order valence-corrected chi connectivity index (χ1v) is 6.26. The first kappa shape index (κ1) is 14.3. The lowest BCUT2D eigenvalue weighted by atomic mass is 10.2. The van der Waals surface area contributed by atoms with E-state index in [2.05, 4.69) is 10.3 Å². The molecule has 1 aromatic heterocycles. The molecule has 0 spiro atoms. The highest BCUT2D eigenvalue weighted by Gasteiger charge is 2.13. The molecule has 1 fully saturated rings. The summed E-state index contributed by atoms with van der Waals surface area (Å²) in [6.45, 7) is 3.35. The molecule has 0 unspecified atom stereocenters. The van der Waals surface area contributed by atoms with Gasteiger partial charge in [0.15, 0.2) is 0 Å². The Kier molecular flexibility index (Phi) is 4.44. The number of nitrogens with one attached hydrogen (secondary N) is 1. The van der Waals surface area contributed by atoms with Crippen LogP contribution in [0.4, 0.5) is 0 Å². The molecule has 0 amide bonds. The monoisotopic (exact) mass is 344 g/mol. The average molecular weight is 346 g/mol. The minimum Gasteiger partial charge on any atom is -0.313 e. The van der Waals surface area contributed by atoms with Crippen molar-refractivity contribution in [2.75, 3.05) is 31.2 Å². The first-order valence-electron chi connectivity index (χ1n) is 5.88. The summed E-state index contributed by atoms with van der Waals surface area (Å²) >= 11 is 5.93. The van der Waals surface area contributed by atoms with Gasteiger partial charge in [-0.3, -0.25) is 4.79 Å². The number of hydrogen-bond donors (Lipinski definition) is 1. The van der Waals surface area contributed by atoms with E-state index >= 15 is 0 Å². The quantitative estimate of drug-likeness (QED) is 0.843. The summed E-state index contributed by atoms with van der Waals surface area (Å²) in [7, 11) is 0. The molecule has 2 aromatic rings. The summed E-state index contributed by atoms with van der Waals surface area (Å²) in [5, 5.41) is 6.36. The normalized spacial score (nSPS) is 15.3. The Morgan fingerprint density at radius 1 is 1.26 bits per heavy atom. The number of aromatic nitrogens is 2. The van der Waals surface area contributed by atoms with E-state index in [4.69, 9.17) is 11.6 Å². The second-order valence-electron chi connectivity index (χ2n) is 4.26. The van der Waals surface area contributed by atoms with Gasteiger partial charge in [-0.25, -0.2) is 9.66 Å². The lowest BCUT2D eigenvalue weighted by Gasteiger charge is -2.30. The van der Waals surface area contributed by atoms with Crippen LogP contribution in [0, 0.1) is 0 Å². The van der Waals surface area contributed by atoms with Crippen LogP contribution in [-0.4, -0.2) is 35.8 Å². The molecule has 7 heteroatoms. The molecule has 0 bridgehead atoms. The van der Waals surface area contributed by atoms with Crippen LogP contribution in [0.1, 0.15) is 0 Å². The molecule has 1 aliphatic rings. The molecule has 0 radical (unpaired) electrons. The van der Waals surface area contributed by atoms with Gasteiger partial charge < -0.3 is 10.3 Å². The zero-order chi connectivity index (χ0) is 12.5. The van der Waals surface area contributed by atoms with Crippen molar-refractivity contribution in [3.63, 3.8) is 0 Å². The molecule has 2 heterocycles. The SMILES string of the molecule is Br.O=c1c2cc(Cl)ccc2ncn1N1CCNCC1. The second-order valence-corrected chi connectivity index (χ2v) is 4.70. The first-order chi connectivity index (χ1) is 8.75. The smallest absolute Gasteiger partial charge is 0.279 e. The maximum Gasteiger partial charge on any atom is 0.279 e. The molecule has 5 nitrogen and oxygen atoms in total. The minimum absolute atomic E-state index is 0. The lowest BCUT2D eigenvalue weighted by molar-refractivity contribution is 0.480. The number of fused-ring (bicyclic) bond motifs is 1. The molecular weight excluding hydrogens is 332 g/mol. The van der Waals surface area contributed by atoms with Gasteiger partial charge in [-0.2, -0.15) is 0 Å². The molecule has 3 rings (SSSR count). The van der Waals surface area contributed by atoms with Gasteiger partial charge in [0.25, 0.3) is 5.56 Å². The van der Waals surface area contributed by atoms with Gasteiger partial charge in [-0.1, -0.05) is 11.6 Å². The van der Waals surface area contributed by atoms with Crippen molar-refractivity contribution in [1.29, 1.82) is 0 Å². The number of hydrogen-bond acceptors (Lipinski definition) is 4. The van der Waals surface area contributed by atoms with Crippen molar-refractivity contribution in [2.24, 2.45) is 0 Å². The number of benzene rings is 1. The fraction of sp³-hybridized carbons (Fsp3) is 0.333. The number of rotatable bonds is 1. The van der Waals surface area contributed by atoms with Crippen LogP contribution in [-0.2, 0) is 0 Å².